The van der Waals surface area contributed by atoms with Gasteiger partial charge >= 0.3 is 23.9 Å². The first-order valence-electron chi connectivity index (χ1n) is 10.8. The first-order valence-corrected chi connectivity index (χ1v) is 13.4. The van der Waals surface area contributed by atoms with Crippen LogP contribution in [0, 0.1) is 0 Å². The summed E-state index contributed by atoms with van der Waals surface area (Å²) < 4.78 is 45.0. The summed E-state index contributed by atoms with van der Waals surface area (Å²) in [4.78, 5) is 47.4. The van der Waals surface area contributed by atoms with Gasteiger partial charge in [0, 0.05) is 66.8 Å². The lowest BCUT2D eigenvalue weighted by atomic mass is 9.97. The summed E-state index contributed by atoms with van der Waals surface area (Å²) >= 11 is 11.9. The molecule has 1 aliphatic heterocycles. The van der Waals surface area contributed by atoms with E-state index in [2.05, 4.69) is 4.74 Å². The van der Waals surface area contributed by atoms with Crippen molar-refractivity contribution in [2.24, 2.45) is 4.74 Å². The maximum absolute atomic E-state index is 12.0. The number of halogens is 2. The molecule has 0 amide bonds. The van der Waals surface area contributed by atoms with Crippen molar-refractivity contribution in [1.82, 2.24) is 4.67 Å². The summed E-state index contributed by atoms with van der Waals surface area (Å²) in [7, 11) is -0.581. The van der Waals surface area contributed by atoms with Crippen LogP contribution in [0.2, 0.25) is 0 Å². The van der Waals surface area contributed by atoms with E-state index >= 15 is 0 Å². The summed E-state index contributed by atoms with van der Waals surface area (Å²) in [5, 5.41) is 0. The fraction of sp³-hybridized carbons (Fsp3) is 0.800. The zero-order chi connectivity index (χ0) is 27.5. The van der Waals surface area contributed by atoms with Gasteiger partial charge in [-0.25, -0.2) is 9.42 Å². The van der Waals surface area contributed by atoms with Crippen molar-refractivity contribution in [3.05, 3.63) is 0 Å². The molecule has 13 nitrogen and oxygen atoms in total. The number of alkyl halides is 2. The van der Waals surface area contributed by atoms with Crippen LogP contribution in [-0.4, -0.2) is 105 Å². The molecule has 36 heavy (non-hydrogen) atoms. The molecule has 5 atom stereocenters. The van der Waals surface area contributed by atoms with Crippen molar-refractivity contribution in [2.45, 2.75) is 58.3 Å². The molecule has 1 saturated heterocycles. The highest BCUT2D eigenvalue weighted by Crippen LogP contribution is 2.55. The molecular formula is C20H33Cl2N2O11P. The molecule has 0 aromatic rings. The molecule has 0 aliphatic carbocycles. The summed E-state index contributed by atoms with van der Waals surface area (Å²) in [5.74, 6) is -2.49. The van der Waals surface area contributed by atoms with E-state index < -0.39 is 62.2 Å². The van der Waals surface area contributed by atoms with E-state index in [4.69, 9.17) is 55.9 Å². The monoisotopic (exact) mass is 578 g/mol. The minimum atomic E-state index is -3.31. The molecule has 0 spiro atoms. The van der Waals surface area contributed by atoms with Gasteiger partial charge in [0.2, 0.25) is 0 Å². The van der Waals surface area contributed by atoms with Crippen molar-refractivity contribution in [3.8, 4) is 0 Å². The number of ether oxygens (including phenoxy) is 5. The van der Waals surface area contributed by atoms with Crippen LogP contribution in [0.15, 0.2) is 4.74 Å². The first-order chi connectivity index (χ1) is 16.9. The second kappa shape index (κ2) is 15.7. The molecule has 0 unspecified atom stereocenters. The topological polar surface area (TPSA) is 148 Å². The van der Waals surface area contributed by atoms with Crippen LogP contribution >= 0.6 is 30.9 Å². The third kappa shape index (κ3) is 9.44. The molecule has 0 radical (unpaired) electrons. The number of nitrogens with zero attached hydrogens (tertiary/aromatic N) is 2. The standard InChI is InChI=1S/C20H33Cl2N2O11P/c1-12(25)31-11-16-17(32-13(2)26)18(33-14(3)27)19(34-15(4)28)20(35-16)23-36(29-5,30-6)24(9-7-21)10-8-22/h16-20H,7-11H2,1-6H3/t16-,17-,18+,19-,20-/m1/s1. The normalized spacial score (nSPS) is 24.1. The second-order valence-electron chi connectivity index (χ2n) is 7.39. The van der Waals surface area contributed by atoms with E-state index in [1.807, 2.05) is 0 Å². The minimum Gasteiger partial charge on any atom is -0.463 e. The van der Waals surface area contributed by atoms with E-state index in [1.165, 1.54) is 21.1 Å². The van der Waals surface area contributed by atoms with Crippen molar-refractivity contribution >= 4 is 54.7 Å². The van der Waals surface area contributed by atoms with Gasteiger partial charge in [-0.05, 0) is 0 Å². The highest BCUT2D eigenvalue weighted by molar-refractivity contribution is 7.53. The van der Waals surface area contributed by atoms with Crippen LogP contribution in [0.5, 0.6) is 0 Å². The van der Waals surface area contributed by atoms with Gasteiger partial charge in [-0.15, -0.1) is 23.2 Å². The van der Waals surface area contributed by atoms with Gasteiger partial charge in [0.05, 0.1) is 0 Å². The average molecular weight is 579 g/mol. The fourth-order valence-corrected chi connectivity index (χ4v) is 6.24. The largest absolute Gasteiger partial charge is 0.463 e. The van der Waals surface area contributed by atoms with Gasteiger partial charge in [-0.1, -0.05) is 0 Å². The Balaban J connectivity index is 3.74. The van der Waals surface area contributed by atoms with E-state index in [9.17, 15) is 19.2 Å². The smallest absolute Gasteiger partial charge is 0.303 e. The Morgan fingerprint density at radius 1 is 0.806 bits per heavy atom. The molecule has 1 aliphatic rings. The van der Waals surface area contributed by atoms with E-state index in [-0.39, 0.29) is 31.5 Å². The lowest BCUT2D eigenvalue weighted by Crippen LogP contribution is -2.62. The number of carbonyl (C=O) groups is 4. The fourth-order valence-electron chi connectivity index (χ4n) is 3.47. The Morgan fingerprint density at radius 2 is 1.28 bits per heavy atom. The van der Waals surface area contributed by atoms with Crippen molar-refractivity contribution < 1.29 is 51.9 Å². The quantitative estimate of drug-likeness (QED) is 0.136. The SMILES string of the molecule is COP(=N[C@@H]1O[C@H](COC(C)=O)[C@@H](OC(C)=O)[C@H](OC(C)=O)[C@H]1OC(C)=O)(OC)N(CCCl)CCCl. The predicted molar refractivity (Wildman–Crippen MR) is 128 cm³/mol. The second-order valence-corrected chi connectivity index (χ2v) is 10.7. The summed E-state index contributed by atoms with van der Waals surface area (Å²) in [6.07, 6.45) is -6.59. The van der Waals surface area contributed by atoms with Crippen LogP contribution in [0.3, 0.4) is 0 Å². The maximum Gasteiger partial charge on any atom is 0.303 e. The molecule has 16 heteroatoms. The molecule has 0 bridgehead atoms. The predicted octanol–water partition coefficient (Wildman–Crippen LogP) is 2.09. The Labute approximate surface area is 220 Å². The van der Waals surface area contributed by atoms with Crippen LogP contribution in [0.1, 0.15) is 27.7 Å². The van der Waals surface area contributed by atoms with Crippen molar-refractivity contribution in [2.75, 3.05) is 45.7 Å². The molecule has 0 aromatic heterocycles. The zero-order valence-electron chi connectivity index (χ0n) is 21.0. The highest BCUT2D eigenvalue weighted by atomic mass is 35.5. The van der Waals surface area contributed by atoms with Crippen LogP contribution in [0.25, 0.3) is 0 Å². The summed E-state index contributed by atoms with van der Waals surface area (Å²) in [6, 6.07) is 0. The minimum absolute atomic E-state index is 0.194. The molecular weight excluding hydrogens is 546 g/mol. The zero-order valence-corrected chi connectivity index (χ0v) is 23.4. The number of rotatable bonds is 13. The summed E-state index contributed by atoms with van der Waals surface area (Å²) in [5.41, 5.74) is 0. The Hall–Kier alpha value is -1.47. The van der Waals surface area contributed by atoms with E-state index in [0.717, 1.165) is 20.8 Å². The van der Waals surface area contributed by atoms with Crippen molar-refractivity contribution in [3.63, 3.8) is 0 Å². The highest BCUT2D eigenvalue weighted by Gasteiger charge is 2.53. The summed E-state index contributed by atoms with van der Waals surface area (Å²) in [6.45, 7) is 4.74. The third-order valence-corrected chi connectivity index (χ3v) is 7.67. The Kier molecular flexibility index (Phi) is 14.2. The van der Waals surface area contributed by atoms with Crippen molar-refractivity contribution in [1.29, 1.82) is 0 Å². The molecule has 1 fully saturated rings. The first kappa shape index (κ1) is 32.6. The van der Waals surface area contributed by atoms with Gasteiger partial charge in [0.15, 0.2) is 24.5 Å². The molecule has 0 saturated carbocycles. The van der Waals surface area contributed by atoms with Gasteiger partial charge in [0.25, 0.3) is 7.66 Å². The molecule has 1 rings (SSSR count). The van der Waals surface area contributed by atoms with Gasteiger partial charge in [-0.3, -0.25) is 19.2 Å². The lowest BCUT2D eigenvalue weighted by Gasteiger charge is -2.44. The number of hydrogen-bond donors (Lipinski definition) is 0. The molecule has 0 N–H and O–H groups in total. The Bertz CT molecular complexity index is 817. The molecule has 1 heterocycles. The number of hydrogen-bond acceptors (Lipinski definition) is 12. The van der Waals surface area contributed by atoms with Gasteiger partial charge in [0.1, 0.15) is 12.7 Å². The maximum atomic E-state index is 12.0. The molecule has 208 valence electrons. The van der Waals surface area contributed by atoms with E-state index in [1.54, 1.807) is 4.67 Å². The third-order valence-electron chi connectivity index (χ3n) is 4.74. The van der Waals surface area contributed by atoms with Gasteiger partial charge < -0.3 is 32.7 Å². The van der Waals surface area contributed by atoms with Crippen LogP contribution < -0.4 is 0 Å². The average Bonchev–Trinajstić information content (AvgIpc) is 2.79. The Morgan fingerprint density at radius 3 is 1.69 bits per heavy atom. The van der Waals surface area contributed by atoms with Crippen LogP contribution in [0.4, 0.5) is 0 Å². The number of esters is 4. The molecule has 0 aromatic carbocycles. The van der Waals surface area contributed by atoms with E-state index in [0.29, 0.717) is 0 Å². The number of carbonyl (C=O) groups excluding carboxylic acids is 4. The lowest BCUT2D eigenvalue weighted by molar-refractivity contribution is -0.251. The van der Waals surface area contributed by atoms with Crippen LogP contribution in [-0.2, 0) is 51.9 Å². The van der Waals surface area contributed by atoms with Gasteiger partial charge in [-0.2, -0.15) is 0 Å².